The molecule has 1 rings (SSSR count). The predicted octanol–water partition coefficient (Wildman–Crippen LogP) is 2.74. The SMILES string of the molecule is CC(C)NC(=S)Nc1ccc(O)c(Cl)c1. The van der Waals surface area contributed by atoms with E-state index in [1.807, 2.05) is 13.8 Å². The van der Waals surface area contributed by atoms with E-state index in [1.54, 1.807) is 12.1 Å². The normalized spacial score (nSPS) is 10.1. The van der Waals surface area contributed by atoms with Gasteiger partial charge in [0.1, 0.15) is 5.75 Å². The van der Waals surface area contributed by atoms with Crippen molar-refractivity contribution in [1.29, 1.82) is 0 Å². The van der Waals surface area contributed by atoms with Crippen molar-refractivity contribution < 1.29 is 5.11 Å². The summed E-state index contributed by atoms with van der Waals surface area (Å²) in [6.45, 7) is 4.00. The molecule has 0 bridgehead atoms. The largest absolute Gasteiger partial charge is 0.506 e. The Morgan fingerprint density at radius 3 is 2.67 bits per heavy atom. The van der Waals surface area contributed by atoms with Gasteiger partial charge >= 0.3 is 0 Å². The molecule has 0 spiro atoms. The van der Waals surface area contributed by atoms with Gasteiger partial charge in [0.15, 0.2) is 5.11 Å². The van der Waals surface area contributed by atoms with Gasteiger partial charge in [-0.3, -0.25) is 0 Å². The first-order chi connectivity index (χ1) is 6.99. The van der Waals surface area contributed by atoms with Crippen LogP contribution in [0.2, 0.25) is 5.02 Å². The average molecular weight is 245 g/mol. The quantitative estimate of drug-likeness (QED) is 0.553. The van der Waals surface area contributed by atoms with Crippen LogP contribution in [0.5, 0.6) is 5.75 Å². The van der Waals surface area contributed by atoms with E-state index in [0.717, 1.165) is 5.69 Å². The summed E-state index contributed by atoms with van der Waals surface area (Å²) in [6.07, 6.45) is 0. The lowest BCUT2D eigenvalue weighted by Gasteiger charge is -2.13. The Kier molecular flexibility index (Phi) is 4.17. The van der Waals surface area contributed by atoms with E-state index in [1.165, 1.54) is 6.07 Å². The minimum absolute atomic E-state index is 0.0601. The Hall–Kier alpha value is -1.00. The summed E-state index contributed by atoms with van der Waals surface area (Å²) in [4.78, 5) is 0. The maximum atomic E-state index is 9.22. The molecule has 0 unspecified atom stereocenters. The lowest BCUT2D eigenvalue weighted by Crippen LogP contribution is -2.33. The maximum absolute atomic E-state index is 9.22. The summed E-state index contributed by atoms with van der Waals surface area (Å²) in [7, 11) is 0. The highest BCUT2D eigenvalue weighted by atomic mass is 35.5. The van der Waals surface area contributed by atoms with Gasteiger partial charge in [-0.15, -0.1) is 0 Å². The highest BCUT2D eigenvalue weighted by Crippen LogP contribution is 2.25. The minimum atomic E-state index is 0.0601. The molecule has 0 aliphatic carbocycles. The topological polar surface area (TPSA) is 44.3 Å². The number of nitrogens with one attached hydrogen (secondary N) is 2. The Labute approximate surface area is 99.4 Å². The summed E-state index contributed by atoms with van der Waals surface area (Å²) in [5.41, 5.74) is 0.746. The minimum Gasteiger partial charge on any atom is -0.506 e. The van der Waals surface area contributed by atoms with E-state index in [2.05, 4.69) is 10.6 Å². The zero-order valence-corrected chi connectivity index (χ0v) is 10.1. The van der Waals surface area contributed by atoms with Crippen LogP contribution in [0.3, 0.4) is 0 Å². The van der Waals surface area contributed by atoms with Gasteiger partial charge in [0, 0.05) is 11.7 Å². The number of hydrogen-bond donors (Lipinski definition) is 3. The monoisotopic (exact) mass is 244 g/mol. The number of phenolic OH excluding ortho intramolecular Hbond substituents is 1. The van der Waals surface area contributed by atoms with Crippen molar-refractivity contribution in [2.24, 2.45) is 0 Å². The molecule has 0 aliphatic heterocycles. The average Bonchev–Trinajstić information content (AvgIpc) is 2.10. The van der Waals surface area contributed by atoms with Crippen molar-refractivity contribution in [3.8, 4) is 5.75 Å². The third-order valence-corrected chi connectivity index (χ3v) is 2.15. The van der Waals surface area contributed by atoms with E-state index in [0.29, 0.717) is 10.1 Å². The summed E-state index contributed by atoms with van der Waals surface area (Å²) in [6, 6.07) is 5.11. The van der Waals surface area contributed by atoms with Crippen LogP contribution < -0.4 is 10.6 Å². The molecule has 0 fully saturated rings. The van der Waals surface area contributed by atoms with Gasteiger partial charge in [0.25, 0.3) is 0 Å². The number of thiocarbonyl (C=S) groups is 1. The van der Waals surface area contributed by atoms with Crippen molar-refractivity contribution in [2.45, 2.75) is 19.9 Å². The van der Waals surface area contributed by atoms with E-state index in [4.69, 9.17) is 23.8 Å². The molecule has 0 radical (unpaired) electrons. The molecule has 15 heavy (non-hydrogen) atoms. The van der Waals surface area contributed by atoms with Crippen molar-refractivity contribution in [1.82, 2.24) is 5.32 Å². The molecule has 82 valence electrons. The van der Waals surface area contributed by atoms with E-state index >= 15 is 0 Å². The second-order valence-corrected chi connectivity index (χ2v) is 4.23. The van der Waals surface area contributed by atoms with Crippen LogP contribution in [0.15, 0.2) is 18.2 Å². The first-order valence-electron chi connectivity index (χ1n) is 4.55. The molecule has 0 aromatic heterocycles. The highest BCUT2D eigenvalue weighted by molar-refractivity contribution is 7.80. The van der Waals surface area contributed by atoms with E-state index in [-0.39, 0.29) is 11.8 Å². The van der Waals surface area contributed by atoms with Gasteiger partial charge in [-0.2, -0.15) is 0 Å². The van der Waals surface area contributed by atoms with E-state index < -0.39 is 0 Å². The first kappa shape index (κ1) is 12.1. The Morgan fingerprint density at radius 2 is 2.13 bits per heavy atom. The fourth-order valence-corrected chi connectivity index (χ4v) is 1.55. The molecule has 3 nitrogen and oxygen atoms in total. The standard InChI is InChI=1S/C10H13ClN2OS/c1-6(2)12-10(15)13-7-3-4-9(14)8(11)5-7/h3-6,14H,1-2H3,(H2,12,13,15). The number of aromatic hydroxyl groups is 1. The fraction of sp³-hybridized carbons (Fsp3) is 0.300. The number of halogens is 1. The van der Waals surface area contributed by atoms with Gasteiger partial charge in [-0.1, -0.05) is 11.6 Å². The number of phenols is 1. The first-order valence-corrected chi connectivity index (χ1v) is 5.33. The Bertz CT molecular complexity index is 368. The molecule has 0 amide bonds. The van der Waals surface area contributed by atoms with Crippen LogP contribution in [0.1, 0.15) is 13.8 Å². The van der Waals surface area contributed by atoms with Crippen molar-refractivity contribution in [2.75, 3.05) is 5.32 Å². The molecular weight excluding hydrogens is 232 g/mol. The molecule has 0 saturated heterocycles. The van der Waals surface area contributed by atoms with Crippen LogP contribution in [0.4, 0.5) is 5.69 Å². The smallest absolute Gasteiger partial charge is 0.170 e. The summed E-state index contributed by atoms with van der Waals surface area (Å²) >= 11 is 10.8. The van der Waals surface area contributed by atoms with Crippen molar-refractivity contribution in [3.63, 3.8) is 0 Å². The van der Waals surface area contributed by atoms with Gasteiger partial charge in [0.05, 0.1) is 5.02 Å². The molecule has 0 saturated carbocycles. The lowest BCUT2D eigenvalue weighted by molar-refractivity contribution is 0.475. The molecule has 0 atom stereocenters. The zero-order valence-electron chi connectivity index (χ0n) is 8.54. The summed E-state index contributed by atoms with van der Waals surface area (Å²) < 4.78 is 0. The van der Waals surface area contributed by atoms with Crippen LogP contribution >= 0.6 is 23.8 Å². The summed E-state index contributed by atoms with van der Waals surface area (Å²) in [5.74, 6) is 0.0601. The lowest BCUT2D eigenvalue weighted by atomic mass is 10.3. The molecule has 1 aromatic carbocycles. The molecule has 1 aromatic rings. The number of benzene rings is 1. The van der Waals surface area contributed by atoms with Crippen molar-refractivity contribution in [3.05, 3.63) is 23.2 Å². The maximum Gasteiger partial charge on any atom is 0.170 e. The number of anilines is 1. The van der Waals surface area contributed by atoms with Gasteiger partial charge < -0.3 is 15.7 Å². The Morgan fingerprint density at radius 1 is 1.47 bits per heavy atom. The molecule has 0 aliphatic rings. The predicted molar refractivity (Wildman–Crippen MR) is 67.6 cm³/mol. The molecular formula is C10H13ClN2OS. The molecule has 5 heteroatoms. The molecule has 0 heterocycles. The van der Waals surface area contributed by atoms with E-state index in [9.17, 15) is 5.11 Å². The van der Waals surface area contributed by atoms with Crippen LogP contribution in [-0.2, 0) is 0 Å². The second-order valence-electron chi connectivity index (χ2n) is 3.42. The third kappa shape index (κ3) is 3.93. The van der Waals surface area contributed by atoms with Gasteiger partial charge in [-0.05, 0) is 44.3 Å². The van der Waals surface area contributed by atoms with Gasteiger partial charge in [0.2, 0.25) is 0 Å². The Balaban J connectivity index is 2.65. The second kappa shape index (κ2) is 5.19. The number of rotatable bonds is 2. The summed E-state index contributed by atoms with van der Waals surface area (Å²) in [5, 5.41) is 16.1. The van der Waals surface area contributed by atoms with Crippen molar-refractivity contribution >= 4 is 34.6 Å². The molecule has 3 N–H and O–H groups in total. The van der Waals surface area contributed by atoms with Crippen LogP contribution in [0.25, 0.3) is 0 Å². The number of hydrogen-bond acceptors (Lipinski definition) is 2. The zero-order chi connectivity index (χ0) is 11.4. The van der Waals surface area contributed by atoms with Crippen LogP contribution in [-0.4, -0.2) is 16.3 Å². The fourth-order valence-electron chi connectivity index (χ4n) is 1.01. The van der Waals surface area contributed by atoms with Crippen LogP contribution in [0, 0.1) is 0 Å². The van der Waals surface area contributed by atoms with Gasteiger partial charge in [-0.25, -0.2) is 0 Å². The third-order valence-electron chi connectivity index (χ3n) is 1.63. The highest BCUT2D eigenvalue weighted by Gasteiger charge is 2.02.